The minimum absolute atomic E-state index is 0.000799. The van der Waals surface area contributed by atoms with Crippen molar-refractivity contribution in [2.75, 3.05) is 58.4 Å². The Labute approximate surface area is 190 Å². The molecule has 3 aliphatic rings. The van der Waals surface area contributed by atoms with Crippen molar-refractivity contribution < 1.29 is 14.4 Å². The van der Waals surface area contributed by atoms with Gasteiger partial charge < -0.3 is 24.5 Å². The van der Waals surface area contributed by atoms with Crippen molar-refractivity contribution in [3.8, 4) is 0 Å². The molecular weight excluding hydrogens is 406 g/mol. The van der Waals surface area contributed by atoms with Crippen LogP contribution < -0.4 is 4.90 Å². The van der Waals surface area contributed by atoms with Gasteiger partial charge in [0.1, 0.15) is 12.1 Å². The van der Waals surface area contributed by atoms with Crippen LogP contribution in [0.2, 0.25) is 0 Å². The molecule has 0 unspecified atom stereocenters. The molecule has 3 fully saturated rings. The van der Waals surface area contributed by atoms with Crippen molar-refractivity contribution in [3.63, 3.8) is 0 Å². The number of anilines is 1. The maximum absolute atomic E-state index is 13.7. The first-order chi connectivity index (χ1) is 15.3. The van der Waals surface area contributed by atoms with Gasteiger partial charge in [0.15, 0.2) is 0 Å². The molecule has 0 radical (unpaired) electrons. The fourth-order valence-corrected chi connectivity index (χ4v) is 5.37. The smallest absolute Gasteiger partial charge is 0.250 e. The molecule has 0 aromatic heterocycles. The number of likely N-dealkylation sites (tertiary alicyclic amines) is 2. The Morgan fingerprint density at radius 2 is 1.69 bits per heavy atom. The summed E-state index contributed by atoms with van der Waals surface area (Å²) in [5.74, 6) is 0.0529. The molecule has 174 valence electrons. The largest absolute Gasteiger partial charge is 0.343 e. The highest BCUT2D eigenvalue weighted by molar-refractivity contribution is 5.96. The quantitative estimate of drug-likeness (QED) is 0.703. The molecule has 3 amide bonds. The van der Waals surface area contributed by atoms with Crippen molar-refractivity contribution in [2.24, 2.45) is 0 Å². The molecule has 32 heavy (non-hydrogen) atoms. The van der Waals surface area contributed by atoms with Gasteiger partial charge in [0.2, 0.25) is 11.8 Å². The number of hydrogen-bond acceptors (Lipinski definition) is 5. The lowest BCUT2D eigenvalue weighted by Gasteiger charge is -2.43. The van der Waals surface area contributed by atoms with Gasteiger partial charge >= 0.3 is 0 Å². The topological polar surface area (TPSA) is 67.4 Å². The van der Waals surface area contributed by atoms with E-state index < -0.39 is 5.54 Å². The van der Waals surface area contributed by atoms with Gasteiger partial charge in [0, 0.05) is 38.8 Å². The fraction of sp³-hybridized carbons (Fsp3) is 0.625. The predicted octanol–water partition coefficient (Wildman–Crippen LogP) is 1.23. The minimum Gasteiger partial charge on any atom is -0.343 e. The Bertz CT molecular complexity index is 844. The van der Waals surface area contributed by atoms with E-state index in [1.165, 1.54) is 0 Å². The van der Waals surface area contributed by atoms with E-state index in [0.29, 0.717) is 32.6 Å². The SMILES string of the molecule is CC(=O)N1CCC2(CC1)C(=O)N(CC(=O)N(C)C1CCN(C)CC1)CN2c1ccccc1. The third-order valence-corrected chi connectivity index (χ3v) is 7.57. The highest BCUT2D eigenvalue weighted by atomic mass is 16.2. The van der Waals surface area contributed by atoms with E-state index in [0.717, 1.165) is 31.6 Å². The molecule has 1 aromatic rings. The number of nitrogens with zero attached hydrogens (tertiary/aromatic N) is 5. The molecule has 0 saturated carbocycles. The molecule has 8 heteroatoms. The van der Waals surface area contributed by atoms with Crippen LogP contribution in [0.1, 0.15) is 32.6 Å². The molecule has 0 bridgehead atoms. The van der Waals surface area contributed by atoms with Crippen molar-refractivity contribution in [3.05, 3.63) is 30.3 Å². The molecule has 8 nitrogen and oxygen atoms in total. The summed E-state index contributed by atoms with van der Waals surface area (Å²) in [6.07, 6.45) is 3.09. The van der Waals surface area contributed by atoms with Crippen molar-refractivity contribution in [1.29, 1.82) is 0 Å². The third kappa shape index (κ3) is 4.20. The summed E-state index contributed by atoms with van der Waals surface area (Å²) in [4.78, 5) is 48.5. The maximum atomic E-state index is 13.7. The summed E-state index contributed by atoms with van der Waals surface area (Å²) >= 11 is 0. The van der Waals surface area contributed by atoms with Crippen LogP contribution in [0.4, 0.5) is 5.69 Å². The molecule has 0 N–H and O–H groups in total. The van der Waals surface area contributed by atoms with E-state index in [2.05, 4.69) is 16.8 Å². The lowest BCUT2D eigenvalue weighted by Crippen LogP contribution is -2.57. The standard InChI is InChI=1S/C24H35N5O3/c1-19(30)27-15-11-24(12-16-27)23(32)28(18-29(24)21-7-5-4-6-8-21)17-22(31)26(3)20-9-13-25(2)14-10-20/h4-8,20H,9-18H2,1-3H3. The van der Waals surface area contributed by atoms with E-state index in [-0.39, 0.29) is 30.3 Å². The third-order valence-electron chi connectivity index (χ3n) is 7.57. The number of piperidine rings is 2. The summed E-state index contributed by atoms with van der Waals surface area (Å²) in [7, 11) is 3.98. The van der Waals surface area contributed by atoms with Crippen LogP contribution in [-0.4, -0.2) is 102 Å². The minimum atomic E-state index is -0.695. The Morgan fingerprint density at radius 1 is 1.06 bits per heavy atom. The van der Waals surface area contributed by atoms with Gasteiger partial charge in [0.25, 0.3) is 5.91 Å². The molecule has 0 aliphatic carbocycles. The molecule has 4 rings (SSSR count). The van der Waals surface area contributed by atoms with Gasteiger partial charge in [-0.2, -0.15) is 0 Å². The molecule has 3 saturated heterocycles. The Kier molecular flexibility index (Phi) is 6.42. The van der Waals surface area contributed by atoms with E-state index in [1.807, 2.05) is 47.2 Å². The number of carbonyl (C=O) groups excluding carboxylic acids is 3. The van der Waals surface area contributed by atoms with E-state index >= 15 is 0 Å². The van der Waals surface area contributed by atoms with Gasteiger partial charge in [0.05, 0.1) is 6.67 Å². The number of likely N-dealkylation sites (N-methyl/N-ethyl adjacent to an activating group) is 1. The van der Waals surface area contributed by atoms with Crippen LogP contribution in [0, 0.1) is 0 Å². The van der Waals surface area contributed by atoms with Gasteiger partial charge in [-0.1, -0.05) is 18.2 Å². The highest BCUT2D eigenvalue weighted by Gasteiger charge is 2.54. The summed E-state index contributed by atoms with van der Waals surface area (Å²) < 4.78 is 0. The van der Waals surface area contributed by atoms with Crippen LogP contribution in [0.15, 0.2) is 30.3 Å². The van der Waals surface area contributed by atoms with Crippen LogP contribution in [0.25, 0.3) is 0 Å². The normalized spacial score (nSPS) is 22.0. The van der Waals surface area contributed by atoms with Crippen molar-refractivity contribution in [1.82, 2.24) is 19.6 Å². The van der Waals surface area contributed by atoms with Crippen LogP contribution in [0.5, 0.6) is 0 Å². The lowest BCUT2D eigenvalue weighted by molar-refractivity contribution is -0.142. The van der Waals surface area contributed by atoms with Crippen molar-refractivity contribution >= 4 is 23.4 Å². The molecule has 3 heterocycles. The number of para-hydroxylation sites is 1. The van der Waals surface area contributed by atoms with Gasteiger partial charge in [-0.3, -0.25) is 14.4 Å². The second kappa shape index (κ2) is 9.10. The van der Waals surface area contributed by atoms with Gasteiger partial charge in [-0.25, -0.2) is 0 Å². The van der Waals surface area contributed by atoms with Gasteiger partial charge in [-0.15, -0.1) is 0 Å². The van der Waals surface area contributed by atoms with E-state index in [1.54, 1.807) is 11.8 Å². The molecule has 1 aromatic carbocycles. The molecular formula is C24H35N5O3. The van der Waals surface area contributed by atoms with Crippen molar-refractivity contribution in [2.45, 2.75) is 44.2 Å². The first-order valence-corrected chi connectivity index (χ1v) is 11.6. The van der Waals surface area contributed by atoms with Crippen LogP contribution in [0.3, 0.4) is 0 Å². The van der Waals surface area contributed by atoms with Crippen LogP contribution >= 0.6 is 0 Å². The summed E-state index contributed by atoms with van der Waals surface area (Å²) in [5, 5.41) is 0. The fourth-order valence-electron chi connectivity index (χ4n) is 5.37. The first kappa shape index (κ1) is 22.6. The van der Waals surface area contributed by atoms with E-state index in [4.69, 9.17) is 0 Å². The average Bonchev–Trinajstić information content (AvgIpc) is 3.06. The zero-order valence-electron chi connectivity index (χ0n) is 19.5. The zero-order chi connectivity index (χ0) is 22.9. The average molecular weight is 442 g/mol. The number of carbonyl (C=O) groups is 3. The maximum Gasteiger partial charge on any atom is 0.250 e. The number of amides is 3. The number of hydrogen-bond donors (Lipinski definition) is 0. The van der Waals surface area contributed by atoms with Gasteiger partial charge in [-0.05, 0) is 58.0 Å². The molecule has 1 spiro atoms. The summed E-state index contributed by atoms with van der Waals surface area (Å²) in [5.41, 5.74) is 0.287. The molecule has 3 aliphatic heterocycles. The Balaban J connectivity index is 1.51. The highest BCUT2D eigenvalue weighted by Crippen LogP contribution is 2.39. The number of benzene rings is 1. The van der Waals surface area contributed by atoms with E-state index in [9.17, 15) is 14.4 Å². The second-order valence-electron chi connectivity index (χ2n) is 9.48. The first-order valence-electron chi connectivity index (χ1n) is 11.6. The lowest BCUT2D eigenvalue weighted by atomic mass is 9.85. The summed E-state index contributed by atoms with van der Waals surface area (Å²) in [6.45, 7) is 5.17. The number of rotatable bonds is 4. The van der Waals surface area contributed by atoms with Crippen LogP contribution in [-0.2, 0) is 14.4 Å². The predicted molar refractivity (Wildman–Crippen MR) is 123 cm³/mol. The zero-order valence-corrected chi connectivity index (χ0v) is 19.5. The monoisotopic (exact) mass is 441 g/mol. The summed E-state index contributed by atoms with van der Waals surface area (Å²) in [6, 6.07) is 10.2. The second-order valence-corrected chi connectivity index (χ2v) is 9.48. The Morgan fingerprint density at radius 3 is 2.28 bits per heavy atom. The molecule has 0 atom stereocenters. The Hall–Kier alpha value is -2.61.